The summed E-state index contributed by atoms with van der Waals surface area (Å²) in [5, 5.41) is 3.10. The summed E-state index contributed by atoms with van der Waals surface area (Å²) in [5.74, 6) is 0.442. The van der Waals surface area contributed by atoms with Gasteiger partial charge in [-0.25, -0.2) is 4.98 Å². The second-order valence-corrected chi connectivity index (χ2v) is 5.60. The molecule has 1 heterocycles. The van der Waals surface area contributed by atoms with E-state index in [-0.39, 0.29) is 11.6 Å². The van der Waals surface area contributed by atoms with Crippen LogP contribution in [0.5, 0.6) is 0 Å². The molecule has 4 nitrogen and oxygen atoms in total. The third-order valence-corrected chi connectivity index (χ3v) is 3.72. The molecule has 0 fully saturated rings. The van der Waals surface area contributed by atoms with E-state index in [0.29, 0.717) is 10.6 Å². The van der Waals surface area contributed by atoms with Gasteiger partial charge in [0.25, 0.3) is 5.56 Å². The van der Waals surface area contributed by atoms with Crippen LogP contribution in [0.3, 0.4) is 0 Å². The Balaban J connectivity index is 2.66. The molecule has 0 radical (unpaired) electrons. The molecule has 0 aliphatic carbocycles. The van der Waals surface area contributed by atoms with Gasteiger partial charge in [-0.1, -0.05) is 22.9 Å². The first-order chi connectivity index (χ1) is 8.06. The van der Waals surface area contributed by atoms with Crippen molar-refractivity contribution in [2.75, 3.05) is 11.9 Å². The van der Waals surface area contributed by atoms with Gasteiger partial charge in [0.2, 0.25) is 0 Å². The minimum absolute atomic E-state index is 0.0508. The number of aromatic nitrogens is 2. The van der Waals surface area contributed by atoms with Crippen LogP contribution in [0, 0.1) is 0 Å². The molecule has 0 bridgehead atoms. The fourth-order valence-corrected chi connectivity index (χ4v) is 1.73. The predicted molar refractivity (Wildman–Crippen MR) is 75.0 cm³/mol. The number of anilines is 1. The Morgan fingerprint density at radius 2 is 2.24 bits per heavy atom. The Morgan fingerprint density at radius 3 is 2.82 bits per heavy atom. The summed E-state index contributed by atoms with van der Waals surface area (Å²) in [7, 11) is 0. The molecule has 1 N–H and O–H groups in total. The maximum Gasteiger partial charge on any atom is 0.293 e. The third-order valence-electron chi connectivity index (χ3n) is 2.62. The first-order valence-corrected chi connectivity index (χ1v) is 6.93. The van der Waals surface area contributed by atoms with E-state index in [1.54, 1.807) is 17.0 Å². The second-order valence-electron chi connectivity index (χ2n) is 4.30. The van der Waals surface area contributed by atoms with Crippen molar-refractivity contribution in [2.45, 2.75) is 44.5 Å². The lowest BCUT2D eigenvalue weighted by Gasteiger charge is -2.12. The Bertz CT molecular complexity index is 403. The summed E-state index contributed by atoms with van der Waals surface area (Å²) in [6.45, 7) is 6.85. The van der Waals surface area contributed by atoms with E-state index in [9.17, 15) is 4.79 Å². The van der Waals surface area contributed by atoms with Crippen molar-refractivity contribution in [2.24, 2.45) is 0 Å². The molecule has 1 aromatic heterocycles. The summed E-state index contributed by atoms with van der Waals surface area (Å²) in [4.78, 5) is 16.6. The molecule has 1 rings (SSSR count). The first-order valence-electron chi connectivity index (χ1n) is 6.01. The number of rotatable bonds is 6. The molecule has 17 heavy (non-hydrogen) atoms. The molecule has 0 aromatic carbocycles. The van der Waals surface area contributed by atoms with Crippen LogP contribution in [-0.4, -0.2) is 20.9 Å². The topological polar surface area (TPSA) is 46.9 Å². The van der Waals surface area contributed by atoms with Crippen LogP contribution in [0.15, 0.2) is 17.2 Å². The van der Waals surface area contributed by atoms with Gasteiger partial charge in [-0.15, -0.1) is 0 Å². The van der Waals surface area contributed by atoms with Gasteiger partial charge in [-0.3, -0.25) is 4.79 Å². The van der Waals surface area contributed by atoms with Gasteiger partial charge in [0.1, 0.15) is 0 Å². The smallest absolute Gasteiger partial charge is 0.293 e. The molecule has 0 aliphatic rings. The number of nitrogens with zero attached hydrogens (tertiary/aromatic N) is 2. The Kier molecular flexibility index (Phi) is 5.68. The first kappa shape index (κ1) is 14.2. The highest BCUT2D eigenvalue weighted by molar-refractivity contribution is 9.09. The number of hydrogen-bond acceptors (Lipinski definition) is 3. The molecule has 1 unspecified atom stereocenters. The maximum atomic E-state index is 12.0. The van der Waals surface area contributed by atoms with Crippen molar-refractivity contribution in [3.05, 3.63) is 22.7 Å². The van der Waals surface area contributed by atoms with Crippen LogP contribution >= 0.6 is 15.9 Å². The molecular formula is C12H20BrN3O. The van der Waals surface area contributed by atoms with Gasteiger partial charge in [0.05, 0.1) is 0 Å². The van der Waals surface area contributed by atoms with E-state index < -0.39 is 0 Å². The number of alkyl halides is 1. The van der Waals surface area contributed by atoms with Gasteiger partial charge in [0.15, 0.2) is 5.82 Å². The van der Waals surface area contributed by atoms with E-state index in [2.05, 4.69) is 33.2 Å². The van der Waals surface area contributed by atoms with Gasteiger partial charge >= 0.3 is 0 Å². The fraction of sp³-hybridized carbons (Fsp3) is 0.667. The Hall–Kier alpha value is -0.840. The minimum Gasteiger partial charge on any atom is -0.365 e. The molecule has 0 amide bonds. The second kappa shape index (κ2) is 6.79. The third kappa shape index (κ3) is 4.15. The van der Waals surface area contributed by atoms with E-state index >= 15 is 0 Å². The zero-order chi connectivity index (χ0) is 12.8. The zero-order valence-electron chi connectivity index (χ0n) is 10.6. The molecular weight excluding hydrogens is 282 g/mol. The highest BCUT2D eigenvalue weighted by atomic mass is 79.9. The molecule has 0 saturated heterocycles. The van der Waals surface area contributed by atoms with E-state index in [0.717, 1.165) is 19.4 Å². The molecule has 1 aromatic rings. The van der Waals surface area contributed by atoms with Gasteiger partial charge in [0, 0.05) is 29.8 Å². The van der Waals surface area contributed by atoms with Crippen LogP contribution in [0.25, 0.3) is 0 Å². The van der Waals surface area contributed by atoms with Crippen molar-refractivity contribution >= 4 is 21.7 Å². The van der Waals surface area contributed by atoms with E-state index in [4.69, 9.17) is 0 Å². The standard InChI is InChI=1S/C12H20BrN3O/c1-4-10(13)5-6-14-11-12(17)16(9(2)3)8-7-15-11/h7-10H,4-6H2,1-3H3,(H,14,15). The molecule has 1 atom stereocenters. The molecule has 0 saturated carbocycles. The van der Waals surface area contributed by atoms with Crippen LogP contribution in [0.2, 0.25) is 0 Å². The average molecular weight is 302 g/mol. The Labute approximate surface area is 111 Å². The maximum absolute atomic E-state index is 12.0. The molecule has 5 heteroatoms. The highest BCUT2D eigenvalue weighted by Gasteiger charge is 2.07. The fourth-order valence-electron chi connectivity index (χ4n) is 1.50. The van der Waals surface area contributed by atoms with Crippen LogP contribution < -0.4 is 10.9 Å². The number of nitrogens with one attached hydrogen (secondary N) is 1. The normalized spacial score (nSPS) is 12.8. The van der Waals surface area contributed by atoms with Crippen molar-refractivity contribution in [1.29, 1.82) is 0 Å². The Morgan fingerprint density at radius 1 is 1.53 bits per heavy atom. The summed E-state index contributed by atoms with van der Waals surface area (Å²) in [6.07, 6.45) is 5.45. The molecule has 0 spiro atoms. The van der Waals surface area contributed by atoms with E-state index in [1.165, 1.54) is 0 Å². The minimum atomic E-state index is -0.0508. The lowest BCUT2D eigenvalue weighted by molar-refractivity contribution is 0.575. The van der Waals surface area contributed by atoms with Gasteiger partial charge in [-0.05, 0) is 26.7 Å². The highest BCUT2D eigenvalue weighted by Crippen LogP contribution is 2.09. The average Bonchev–Trinajstić information content (AvgIpc) is 2.30. The summed E-state index contributed by atoms with van der Waals surface area (Å²) in [6, 6.07) is 0.158. The lowest BCUT2D eigenvalue weighted by atomic mass is 10.2. The summed E-state index contributed by atoms with van der Waals surface area (Å²) >= 11 is 3.56. The van der Waals surface area contributed by atoms with E-state index in [1.807, 2.05) is 13.8 Å². The van der Waals surface area contributed by atoms with Crippen LogP contribution in [0.1, 0.15) is 39.7 Å². The zero-order valence-corrected chi connectivity index (χ0v) is 12.2. The van der Waals surface area contributed by atoms with Gasteiger partial charge < -0.3 is 9.88 Å². The molecule has 0 aliphatic heterocycles. The SMILES string of the molecule is CCC(Br)CCNc1nccn(C(C)C)c1=O. The quantitative estimate of drug-likeness (QED) is 0.822. The van der Waals surface area contributed by atoms with Gasteiger partial charge in [-0.2, -0.15) is 0 Å². The monoisotopic (exact) mass is 301 g/mol. The largest absolute Gasteiger partial charge is 0.365 e. The van der Waals surface area contributed by atoms with Crippen molar-refractivity contribution < 1.29 is 0 Å². The van der Waals surface area contributed by atoms with Crippen LogP contribution in [-0.2, 0) is 0 Å². The van der Waals surface area contributed by atoms with Crippen LogP contribution in [0.4, 0.5) is 5.82 Å². The summed E-state index contributed by atoms with van der Waals surface area (Å²) < 4.78 is 1.68. The lowest BCUT2D eigenvalue weighted by Crippen LogP contribution is -2.26. The predicted octanol–water partition coefficient (Wildman–Crippen LogP) is 2.80. The van der Waals surface area contributed by atoms with Crippen molar-refractivity contribution in [3.8, 4) is 0 Å². The van der Waals surface area contributed by atoms with Crippen molar-refractivity contribution in [3.63, 3.8) is 0 Å². The number of halogens is 1. The van der Waals surface area contributed by atoms with Crippen molar-refractivity contribution in [1.82, 2.24) is 9.55 Å². The molecule has 96 valence electrons. The number of hydrogen-bond donors (Lipinski definition) is 1. The summed E-state index contributed by atoms with van der Waals surface area (Å²) in [5.41, 5.74) is -0.0508.